The Morgan fingerprint density at radius 3 is 2.00 bits per heavy atom. The number of likely N-dealkylation sites (N-methyl/N-ethyl adjacent to an activating group) is 1. The van der Waals surface area contributed by atoms with Gasteiger partial charge >= 0.3 is 0 Å². The van der Waals surface area contributed by atoms with Gasteiger partial charge in [0.2, 0.25) is 0 Å². The molecule has 0 amide bonds. The molecular formula is C9H16BrNO. The Hall–Kier alpha value is 0.400. The topological polar surface area (TPSA) is 12.5 Å². The molecule has 0 aromatic rings. The van der Waals surface area contributed by atoms with Crippen LogP contribution in [0.4, 0.5) is 0 Å². The van der Waals surface area contributed by atoms with Crippen molar-refractivity contribution >= 4 is 0 Å². The molecule has 0 aliphatic carbocycles. The third-order valence-corrected chi connectivity index (χ3v) is 4.03. The van der Waals surface area contributed by atoms with Crippen molar-refractivity contribution in [3.63, 3.8) is 0 Å². The summed E-state index contributed by atoms with van der Waals surface area (Å²) in [7, 11) is 4.76. The summed E-state index contributed by atoms with van der Waals surface area (Å²) in [5.41, 5.74) is 0. The van der Waals surface area contributed by atoms with E-state index in [-0.39, 0.29) is 17.0 Å². The van der Waals surface area contributed by atoms with Crippen LogP contribution in [0.25, 0.3) is 0 Å². The van der Waals surface area contributed by atoms with Crippen LogP contribution in [0.2, 0.25) is 0 Å². The molecule has 3 aliphatic heterocycles. The highest BCUT2D eigenvalue weighted by atomic mass is 79.9. The van der Waals surface area contributed by atoms with E-state index in [0.717, 1.165) is 12.1 Å². The van der Waals surface area contributed by atoms with Gasteiger partial charge in [0.05, 0.1) is 14.1 Å². The zero-order chi connectivity index (χ0) is 7.64. The number of rotatable bonds is 0. The normalized spacial score (nSPS) is 52.5. The van der Waals surface area contributed by atoms with Crippen LogP contribution in [-0.4, -0.2) is 42.9 Å². The number of quaternary nitrogens is 1. The fraction of sp³-hybridized carbons (Fsp3) is 1.00. The third-order valence-electron chi connectivity index (χ3n) is 4.03. The van der Waals surface area contributed by atoms with E-state index in [1.165, 1.54) is 23.7 Å². The summed E-state index contributed by atoms with van der Waals surface area (Å²) in [6.07, 6.45) is 5.53. The molecule has 12 heavy (non-hydrogen) atoms. The highest BCUT2D eigenvalue weighted by Gasteiger charge is 2.68. The Labute approximate surface area is 84.2 Å². The molecule has 3 fully saturated rings. The van der Waals surface area contributed by atoms with Crippen LogP contribution in [0.1, 0.15) is 19.3 Å². The number of morpholine rings is 1. The number of epoxide rings is 1. The van der Waals surface area contributed by atoms with Crippen LogP contribution in [0.15, 0.2) is 0 Å². The van der Waals surface area contributed by atoms with Crippen LogP contribution in [-0.2, 0) is 4.74 Å². The molecule has 3 rings (SSSR count). The summed E-state index contributed by atoms with van der Waals surface area (Å²) in [4.78, 5) is 0. The molecule has 70 valence electrons. The highest BCUT2D eigenvalue weighted by molar-refractivity contribution is 5.05. The zero-order valence-electron chi connectivity index (χ0n) is 7.66. The van der Waals surface area contributed by atoms with Gasteiger partial charge in [0.15, 0.2) is 0 Å². The predicted molar refractivity (Wildman–Crippen MR) is 42.2 cm³/mol. The van der Waals surface area contributed by atoms with Crippen molar-refractivity contribution < 1.29 is 26.2 Å². The average molecular weight is 234 g/mol. The molecule has 2 bridgehead atoms. The van der Waals surface area contributed by atoms with Gasteiger partial charge in [-0.1, -0.05) is 0 Å². The molecule has 3 heterocycles. The van der Waals surface area contributed by atoms with E-state index in [9.17, 15) is 0 Å². The van der Waals surface area contributed by atoms with Crippen LogP contribution >= 0.6 is 0 Å². The molecule has 0 saturated carbocycles. The quantitative estimate of drug-likeness (QED) is 0.341. The van der Waals surface area contributed by atoms with Gasteiger partial charge < -0.3 is 26.2 Å². The Balaban J connectivity index is 0.000000563. The van der Waals surface area contributed by atoms with E-state index in [1.54, 1.807) is 0 Å². The number of nitrogens with zero attached hydrogens (tertiary/aromatic N) is 1. The lowest BCUT2D eigenvalue weighted by Gasteiger charge is -2.43. The maximum absolute atomic E-state index is 5.64. The Bertz CT molecular complexity index is 189. The van der Waals surface area contributed by atoms with Crippen LogP contribution < -0.4 is 17.0 Å². The van der Waals surface area contributed by atoms with Crippen molar-refractivity contribution in [1.29, 1.82) is 0 Å². The van der Waals surface area contributed by atoms with Crippen molar-refractivity contribution in [2.75, 3.05) is 14.1 Å². The van der Waals surface area contributed by atoms with Crippen molar-refractivity contribution in [3.05, 3.63) is 0 Å². The van der Waals surface area contributed by atoms with Gasteiger partial charge in [-0.15, -0.1) is 0 Å². The highest BCUT2D eigenvalue weighted by Crippen LogP contribution is 2.50. The fourth-order valence-corrected chi connectivity index (χ4v) is 3.29. The van der Waals surface area contributed by atoms with Gasteiger partial charge in [0.1, 0.15) is 24.3 Å². The number of piperidine rings is 1. The lowest BCUT2D eigenvalue weighted by atomic mass is 10.00. The standard InChI is InChI=1S/C9H16NO.BrH/c1-10(2)6-4-3-5-7(10)9-8(6)11-9;/h6-9H,3-5H2,1-2H3;1H/q+1;/p-1. The first-order valence-electron chi connectivity index (χ1n) is 4.70. The molecule has 4 atom stereocenters. The van der Waals surface area contributed by atoms with Crippen molar-refractivity contribution in [2.45, 2.75) is 43.6 Å². The third kappa shape index (κ3) is 0.875. The number of fused-ring (bicyclic) bond motifs is 5. The van der Waals surface area contributed by atoms with Crippen LogP contribution in [0.3, 0.4) is 0 Å². The van der Waals surface area contributed by atoms with Gasteiger partial charge in [-0.25, -0.2) is 0 Å². The summed E-state index contributed by atoms with van der Waals surface area (Å²) in [5.74, 6) is 0. The average Bonchev–Trinajstić information content (AvgIpc) is 2.56. The minimum Gasteiger partial charge on any atom is -1.00 e. The van der Waals surface area contributed by atoms with Gasteiger partial charge in [-0.2, -0.15) is 0 Å². The molecule has 2 nitrogen and oxygen atoms in total. The van der Waals surface area contributed by atoms with Crippen molar-refractivity contribution in [3.8, 4) is 0 Å². The number of hydrogen-bond donors (Lipinski definition) is 0. The monoisotopic (exact) mass is 233 g/mol. The molecular weight excluding hydrogens is 218 g/mol. The SMILES string of the molecule is C[N+]1(C)C2CCCC1C1OC12.[Br-]. The first-order chi connectivity index (χ1) is 5.21. The molecule has 4 unspecified atom stereocenters. The lowest BCUT2D eigenvalue weighted by Crippen LogP contribution is -3.00. The van der Waals surface area contributed by atoms with Gasteiger partial charge in [0, 0.05) is 12.8 Å². The summed E-state index contributed by atoms with van der Waals surface area (Å²) in [5, 5.41) is 0. The van der Waals surface area contributed by atoms with E-state index < -0.39 is 0 Å². The molecule has 3 aliphatic rings. The first kappa shape index (κ1) is 8.97. The molecule has 0 aromatic heterocycles. The second-order valence-electron chi connectivity index (χ2n) is 4.76. The first-order valence-corrected chi connectivity index (χ1v) is 4.70. The second kappa shape index (κ2) is 2.46. The molecule has 3 saturated heterocycles. The molecule has 0 aromatic carbocycles. The zero-order valence-corrected chi connectivity index (χ0v) is 9.25. The summed E-state index contributed by atoms with van der Waals surface area (Å²) < 4.78 is 6.89. The van der Waals surface area contributed by atoms with Crippen LogP contribution in [0.5, 0.6) is 0 Å². The molecule has 0 spiro atoms. The molecule has 3 heteroatoms. The maximum Gasteiger partial charge on any atom is 0.142 e. The van der Waals surface area contributed by atoms with Gasteiger partial charge in [-0.05, 0) is 6.42 Å². The van der Waals surface area contributed by atoms with E-state index >= 15 is 0 Å². The largest absolute Gasteiger partial charge is 1.00 e. The van der Waals surface area contributed by atoms with E-state index in [4.69, 9.17) is 4.74 Å². The maximum atomic E-state index is 5.64. The van der Waals surface area contributed by atoms with E-state index in [1.807, 2.05) is 0 Å². The Morgan fingerprint density at radius 2 is 1.58 bits per heavy atom. The summed E-state index contributed by atoms with van der Waals surface area (Å²) >= 11 is 0. The minimum atomic E-state index is 0. The Morgan fingerprint density at radius 1 is 1.08 bits per heavy atom. The number of hydrogen-bond acceptors (Lipinski definition) is 1. The van der Waals surface area contributed by atoms with E-state index in [2.05, 4.69) is 14.1 Å². The molecule has 0 N–H and O–H groups in total. The summed E-state index contributed by atoms with van der Waals surface area (Å²) in [6, 6.07) is 1.66. The second-order valence-corrected chi connectivity index (χ2v) is 4.76. The molecule has 0 radical (unpaired) electrons. The van der Waals surface area contributed by atoms with Crippen molar-refractivity contribution in [2.24, 2.45) is 0 Å². The number of halogens is 1. The smallest absolute Gasteiger partial charge is 0.142 e. The van der Waals surface area contributed by atoms with Crippen LogP contribution in [0, 0.1) is 0 Å². The lowest BCUT2D eigenvalue weighted by molar-refractivity contribution is -0.937. The Kier molecular flexibility index (Phi) is 1.84. The minimum absolute atomic E-state index is 0. The number of ether oxygens (including phenoxy) is 1. The van der Waals surface area contributed by atoms with Gasteiger partial charge in [-0.3, -0.25) is 0 Å². The van der Waals surface area contributed by atoms with Crippen molar-refractivity contribution in [1.82, 2.24) is 0 Å². The fourth-order valence-electron chi connectivity index (χ4n) is 3.29. The predicted octanol–water partition coefficient (Wildman–Crippen LogP) is -2.23. The van der Waals surface area contributed by atoms with E-state index in [0.29, 0.717) is 12.2 Å². The van der Waals surface area contributed by atoms with Gasteiger partial charge in [0.25, 0.3) is 0 Å². The summed E-state index contributed by atoms with van der Waals surface area (Å²) in [6.45, 7) is 0.